The third-order valence-corrected chi connectivity index (χ3v) is 1.24. The molecular weight excluding hydrogens is 100 g/mol. The fraction of sp³-hybridized carbons (Fsp3) is 1.00. The maximum Gasteiger partial charge on any atom is 0.0757 e. The molecule has 0 saturated carbocycles. The Morgan fingerprint density at radius 2 is 1.88 bits per heavy atom. The summed E-state index contributed by atoms with van der Waals surface area (Å²) in [6.45, 7) is 6.24. The molecule has 0 aliphatic rings. The zero-order chi connectivity index (χ0) is 6.62. The van der Waals surface area contributed by atoms with Gasteiger partial charge in [-0.3, -0.25) is 0 Å². The highest BCUT2D eigenvalue weighted by atomic mass is 15.1. The molecular formula is C6H14N2. The zero-order valence-corrected chi connectivity index (χ0v) is 6.10. The smallest absolute Gasteiger partial charge is 0.0757 e. The van der Waals surface area contributed by atoms with Crippen molar-refractivity contribution in [1.82, 2.24) is 0 Å². The summed E-state index contributed by atoms with van der Waals surface area (Å²) in [5, 5.41) is 7.70. The van der Waals surface area contributed by atoms with Crippen molar-refractivity contribution in [2.24, 2.45) is 10.2 Å². The first-order valence-electron chi connectivity index (χ1n) is 2.93. The van der Waals surface area contributed by atoms with Crippen molar-refractivity contribution in [2.45, 2.75) is 32.7 Å². The van der Waals surface area contributed by atoms with E-state index < -0.39 is 0 Å². The molecule has 0 aliphatic carbocycles. The largest absolute Gasteiger partial charge is 0.197 e. The van der Waals surface area contributed by atoms with Crippen LogP contribution in [0.5, 0.6) is 0 Å². The van der Waals surface area contributed by atoms with Crippen LogP contribution in [0.15, 0.2) is 10.2 Å². The minimum Gasteiger partial charge on any atom is -0.197 e. The molecule has 0 aromatic rings. The molecule has 0 fully saturated rings. The maximum absolute atomic E-state index is 4.00. The van der Waals surface area contributed by atoms with Crippen LogP contribution in [-0.4, -0.2) is 12.6 Å². The molecule has 0 aliphatic heterocycles. The highest BCUT2D eigenvalue weighted by molar-refractivity contribution is 4.71. The average Bonchev–Trinajstić information content (AvgIpc) is 1.67. The Morgan fingerprint density at radius 3 is 2.00 bits per heavy atom. The van der Waals surface area contributed by atoms with E-state index in [1.165, 1.54) is 0 Å². The van der Waals surface area contributed by atoms with Gasteiger partial charge in [0.05, 0.1) is 5.54 Å². The lowest BCUT2D eigenvalue weighted by atomic mass is 10.0. The van der Waals surface area contributed by atoms with E-state index in [2.05, 4.69) is 31.0 Å². The lowest BCUT2D eigenvalue weighted by Crippen LogP contribution is -2.12. The Morgan fingerprint density at radius 1 is 1.38 bits per heavy atom. The Labute approximate surface area is 51.0 Å². The molecule has 0 saturated heterocycles. The molecule has 2 heteroatoms. The van der Waals surface area contributed by atoms with Crippen LogP contribution >= 0.6 is 0 Å². The van der Waals surface area contributed by atoms with Crippen molar-refractivity contribution in [3.63, 3.8) is 0 Å². The van der Waals surface area contributed by atoms with Crippen LogP contribution in [0.3, 0.4) is 0 Å². The van der Waals surface area contributed by atoms with E-state index >= 15 is 0 Å². The van der Waals surface area contributed by atoms with Gasteiger partial charge in [-0.1, -0.05) is 6.92 Å². The molecule has 0 amide bonds. The van der Waals surface area contributed by atoms with Gasteiger partial charge in [-0.05, 0) is 20.3 Å². The van der Waals surface area contributed by atoms with Crippen molar-refractivity contribution in [2.75, 3.05) is 7.05 Å². The van der Waals surface area contributed by atoms with Gasteiger partial charge in [0, 0.05) is 7.05 Å². The Kier molecular flexibility index (Phi) is 2.66. The van der Waals surface area contributed by atoms with Gasteiger partial charge in [-0.25, -0.2) is 0 Å². The van der Waals surface area contributed by atoms with E-state index in [-0.39, 0.29) is 5.54 Å². The van der Waals surface area contributed by atoms with Crippen molar-refractivity contribution < 1.29 is 0 Å². The van der Waals surface area contributed by atoms with E-state index in [9.17, 15) is 0 Å². The number of azo groups is 1. The van der Waals surface area contributed by atoms with Crippen LogP contribution < -0.4 is 0 Å². The van der Waals surface area contributed by atoms with Crippen LogP contribution in [0.4, 0.5) is 0 Å². The quantitative estimate of drug-likeness (QED) is 0.492. The van der Waals surface area contributed by atoms with Gasteiger partial charge in [0.1, 0.15) is 0 Å². The first kappa shape index (κ1) is 7.60. The first-order chi connectivity index (χ1) is 3.62. The maximum atomic E-state index is 4.00. The molecule has 48 valence electrons. The summed E-state index contributed by atoms with van der Waals surface area (Å²) in [6, 6.07) is 0. The SMILES string of the molecule is CCC(C)(C)/N=N\C. The van der Waals surface area contributed by atoms with Crippen LogP contribution in [0, 0.1) is 0 Å². The molecule has 0 spiro atoms. The van der Waals surface area contributed by atoms with Crippen molar-refractivity contribution in [1.29, 1.82) is 0 Å². The second-order valence-corrected chi connectivity index (χ2v) is 2.47. The summed E-state index contributed by atoms with van der Waals surface area (Å²) in [6.07, 6.45) is 1.05. The molecule has 0 unspecified atom stereocenters. The second-order valence-electron chi connectivity index (χ2n) is 2.47. The van der Waals surface area contributed by atoms with Gasteiger partial charge in [-0.2, -0.15) is 10.2 Å². The van der Waals surface area contributed by atoms with Crippen molar-refractivity contribution in [3.05, 3.63) is 0 Å². The molecule has 2 nitrogen and oxygen atoms in total. The highest BCUT2D eigenvalue weighted by Gasteiger charge is 2.11. The van der Waals surface area contributed by atoms with Crippen LogP contribution in [0.1, 0.15) is 27.2 Å². The number of hydrogen-bond donors (Lipinski definition) is 0. The van der Waals surface area contributed by atoms with Crippen LogP contribution in [-0.2, 0) is 0 Å². The summed E-state index contributed by atoms with van der Waals surface area (Å²) in [7, 11) is 1.71. The summed E-state index contributed by atoms with van der Waals surface area (Å²) in [5.74, 6) is 0. The molecule has 0 aromatic heterocycles. The summed E-state index contributed by atoms with van der Waals surface area (Å²) in [4.78, 5) is 0. The summed E-state index contributed by atoms with van der Waals surface area (Å²) in [5.41, 5.74) is 0.0503. The highest BCUT2D eigenvalue weighted by Crippen LogP contribution is 2.12. The van der Waals surface area contributed by atoms with Crippen LogP contribution in [0.25, 0.3) is 0 Å². The standard InChI is InChI=1S/C6H14N2/c1-5-6(2,3)8-7-4/h5H2,1-4H3/b8-7-. The number of nitrogens with zero attached hydrogens (tertiary/aromatic N) is 2. The second kappa shape index (κ2) is 2.80. The molecule has 0 atom stereocenters. The Hall–Kier alpha value is -0.400. The average molecular weight is 114 g/mol. The van der Waals surface area contributed by atoms with E-state index in [0.29, 0.717) is 0 Å². The Balaban J connectivity index is 3.71. The first-order valence-corrected chi connectivity index (χ1v) is 2.93. The number of rotatable bonds is 2. The molecule has 8 heavy (non-hydrogen) atoms. The molecule has 0 bridgehead atoms. The Bertz CT molecular complexity index is 84.5. The lowest BCUT2D eigenvalue weighted by Gasteiger charge is -2.13. The van der Waals surface area contributed by atoms with Crippen molar-refractivity contribution >= 4 is 0 Å². The summed E-state index contributed by atoms with van der Waals surface area (Å²) >= 11 is 0. The van der Waals surface area contributed by atoms with E-state index in [1.807, 2.05) is 0 Å². The monoisotopic (exact) mass is 114 g/mol. The fourth-order valence-corrected chi connectivity index (χ4v) is 0.341. The predicted molar refractivity (Wildman–Crippen MR) is 35.1 cm³/mol. The third kappa shape index (κ3) is 2.72. The fourth-order valence-electron chi connectivity index (χ4n) is 0.341. The van der Waals surface area contributed by atoms with Gasteiger partial charge in [0.25, 0.3) is 0 Å². The van der Waals surface area contributed by atoms with Crippen LogP contribution in [0.2, 0.25) is 0 Å². The minimum absolute atomic E-state index is 0.0503. The van der Waals surface area contributed by atoms with Gasteiger partial charge >= 0.3 is 0 Å². The van der Waals surface area contributed by atoms with E-state index in [0.717, 1.165) is 6.42 Å². The molecule has 0 aromatic carbocycles. The van der Waals surface area contributed by atoms with Gasteiger partial charge < -0.3 is 0 Å². The third-order valence-electron chi connectivity index (χ3n) is 1.24. The molecule has 0 rings (SSSR count). The number of hydrogen-bond acceptors (Lipinski definition) is 2. The lowest BCUT2D eigenvalue weighted by molar-refractivity contribution is 0.477. The summed E-state index contributed by atoms with van der Waals surface area (Å²) < 4.78 is 0. The van der Waals surface area contributed by atoms with Gasteiger partial charge in [-0.15, -0.1) is 0 Å². The normalized spacial score (nSPS) is 13.0. The van der Waals surface area contributed by atoms with Crippen molar-refractivity contribution in [3.8, 4) is 0 Å². The van der Waals surface area contributed by atoms with Gasteiger partial charge in [0.15, 0.2) is 0 Å². The minimum atomic E-state index is 0.0503. The van der Waals surface area contributed by atoms with E-state index in [1.54, 1.807) is 7.05 Å². The zero-order valence-electron chi connectivity index (χ0n) is 6.10. The van der Waals surface area contributed by atoms with Gasteiger partial charge in [0.2, 0.25) is 0 Å². The molecule has 0 radical (unpaired) electrons. The predicted octanol–water partition coefficient (Wildman–Crippen LogP) is 2.26. The molecule has 0 N–H and O–H groups in total. The van der Waals surface area contributed by atoms with E-state index in [4.69, 9.17) is 0 Å². The molecule has 0 heterocycles. The topological polar surface area (TPSA) is 24.7 Å².